The first kappa shape index (κ1) is 17.5. The minimum absolute atomic E-state index is 0.757. The van der Waals surface area contributed by atoms with Gasteiger partial charge in [0, 0.05) is 28.7 Å². The molecule has 0 unspecified atom stereocenters. The standard InChI is InChI=1S/C22H29N3/c1-2-3-4-5-6-7-8-13-24-20-12-10-18-14-17-9-11-19(23)15-21(17)25-22(18)16-20/h9-12,14-16,24H,2-8,13,23H2,1H3. The lowest BCUT2D eigenvalue weighted by Gasteiger charge is -2.08. The van der Waals surface area contributed by atoms with Gasteiger partial charge in [0.1, 0.15) is 0 Å². The average Bonchev–Trinajstić information content (AvgIpc) is 2.62. The molecule has 0 fully saturated rings. The van der Waals surface area contributed by atoms with Crippen molar-refractivity contribution in [1.29, 1.82) is 0 Å². The molecular weight excluding hydrogens is 306 g/mol. The Morgan fingerprint density at radius 3 is 2.28 bits per heavy atom. The van der Waals surface area contributed by atoms with E-state index in [1.807, 2.05) is 18.2 Å². The van der Waals surface area contributed by atoms with E-state index in [0.717, 1.165) is 34.3 Å². The summed E-state index contributed by atoms with van der Waals surface area (Å²) in [5.74, 6) is 0. The molecule has 132 valence electrons. The molecule has 3 rings (SSSR count). The normalized spacial score (nSPS) is 11.2. The lowest BCUT2D eigenvalue weighted by molar-refractivity contribution is 0.596. The van der Waals surface area contributed by atoms with Gasteiger partial charge in [-0.15, -0.1) is 0 Å². The van der Waals surface area contributed by atoms with Gasteiger partial charge in [0.25, 0.3) is 0 Å². The molecule has 2 aromatic carbocycles. The average molecular weight is 335 g/mol. The van der Waals surface area contributed by atoms with Crippen LogP contribution in [0.2, 0.25) is 0 Å². The summed E-state index contributed by atoms with van der Waals surface area (Å²) in [5.41, 5.74) is 9.75. The molecule has 3 aromatic rings. The van der Waals surface area contributed by atoms with Crippen molar-refractivity contribution in [2.24, 2.45) is 0 Å². The predicted molar refractivity (Wildman–Crippen MR) is 110 cm³/mol. The van der Waals surface area contributed by atoms with Crippen LogP contribution in [0.1, 0.15) is 51.9 Å². The molecule has 0 saturated carbocycles. The van der Waals surface area contributed by atoms with E-state index in [1.54, 1.807) is 0 Å². The van der Waals surface area contributed by atoms with Crippen LogP contribution < -0.4 is 11.1 Å². The van der Waals surface area contributed by atoms with Gasteiger partial charge in [-0.25, -0.2) is 4.98 Å². The molecule has 25 heavy (non-hydrogen) atoms. The van der Waals surface area contributed by atoms with Crippen molar-refractivity contribution in [3.63, 3.8) is 0 Å². The molecule has 3 nitrogen and oxygen atoms in total. The number of nitrogens with zero attached hydrogens (tertiary/aromatic N) is 1. The van der Waals surface area contributed by atoms with E-state index < -0.39 is 0 Å². The topological polar surface area (TPSA) is 50.9 Å². The Labute approximate surface area is 150 Å². The van der Waals surface area contributed by atoms with Gasteiger partial charge in [0.2, 0.25) is 0 Å². The molecule has 0 atom stereocenters. The fraction of sp³-hybridized carbons (Fsp3) is 0.409. The largest absolute Gasteiger partial charge is 0.399 e. The number of nitrogen functional groups attached to an aromatic ring is 1. The molecule has 0 aliphatic rings. The number of anilines is 2. The molecule has 0 spiro atoms. The van der Waals surface area contributed by atoms with Gasteiger partial charge in [-0.05, 0) is 36.8 Å². The summed E-state index contributed by atoms with van der Waals surface area (Å²) in [6, 6.07) is 14.5. The predicted octanol–water partition coefficient (Wildman–Crippen LogP) is 6.13. The summed E-state index contributed by atoms with van der Waals surface area (Å²) in [7, 11) is 0. The van der Waals surface area contributed by atoms with Gasteiger partial charge in [0.15, 0.2) is 0 Å². The lowest BCUT2D eigenvalue weighted by atomic mass is 10.1. The highest BCUT2D eigenvalue weighted by Crippen LogP contribution is 2.24. The zero-order valence-electron chi connectivity index (χ0n) is 15.2. The maximum Gasteiger partial charge on any atom is 0.0730 e. The molecular formula is C22H29N3. The molecule has 1 aromatic heterocycles. The fourth-order valence-corrected chi connectivity index (χ4v) is 3.26. The molecule has 0 aliphatic carbocycles. The molecule has 0 bridgehead atoms. The SMILES string of the molecule is CCCCCCCCCNc1ccc2cc3ccc(N)cc3nc2c1. The summed E-state index contributed by atoms with van der Waals surface area (Å²) >= 11 is 0. The second kappa shape index (κ2) is 8.70. The Kier molecular flexibility index (Phi) is 6.10. The first-order valence-corrected chi connectivity index (χ1v) is 9.60. The molecule has 1 heterocycles. The van der Waals surface area contributed by atoms with Crippen molar-refractivity contribution >= 4 is 33.2 Å². The molecule has 0 saturated heterocycles. The number of hydrogen-bond donors (Lipinski definition) is 2. The first-order valence-electron chi connectivity index (χ1n) is 9.60. The summed E-state index contributed by atoms with van der Waals surface area (Å²) in [6.45, 7) is 3.29. The Morgan fingerprint density at radius 1 is 0.800 bits per heavy atom. The number of nitrogens with two attached hydrogens (primary N) is 1. The molecule has 0 aliphatic heterocycles. The quantitative estimate of drug-likeness (QED) is 0.281. The monoisotopic (exact) mass is 335 g/mol. The number of benzene rings is 2. The van der Waals surface area contributed by atoms with Crippen LogP contribution in [0.4, 0.5) is 11.4 Å². The number of pyridine rings is 1. The van der Waals surface area contributed by atoms with Gasteiger partial charge in [0.05, 0.1) is 11.0 Å². The Bertz CT molecular complexity index is 826. The number of unbranched alkanes of at least 4 members (excludes halogenated alkanes) is 6. The van der Waals surface area contributed by atoms with Gasteiger partial charge in [-0.1, -0.05) is 57.6 Å². The molecule has 3 heteroatoms. The summed E-state index contributed by atoms with van der Waals surface area (Å²) in [5, 5.41) is 5.83. The van der Waals surface area contributed by atoms with Crippen LogP contribution >= 0.6 is 0 Å². The lowest BCUT2D eigenvalue weighted by Crippen LogP contribution is -2.01. The highest BCUT2D eigenvalue weighted by molar-refractivity contribution is 5.94. The van der Waals surface area contributed by atoms with Gasteiger partial charge >= 0.3 is 0 Å². The van der Waals surface area contributed by atoms with Crippen molar-refractivity contribution in [2.45, 2.75) is 51.9 Å². The number of aromatic nitrogens is 1. The molecule has 0 amide bonds. The number of nitrogens with one attached hydrogen (secondary N) is 1. The van der Waals surface area contributed by atoms with E-state index in [9.17, 15) is 0 Å². The maximum absolute atomic E-state index is 5.88. The summed E-state index contributed by atoms with van der Waals surface area (Å²) < 4.78 is 0. The number of rotatable bonds is 9. The van der Waals surface area contributed by atoms with Crippen LogP contribution in [-0.4, -0.2) is 11.5 Å². The third kappa shape index (κ3) is 4.85. The van der Waals surface area contributed by atoms with E-state index in [-0.39, 0.29) is 0 Å². The highest BCUT2D eigenvalue weighted by Gasteiger charge is 2.02. The Hall–Kier alpha value is -2.29. The van der Waals surface area contributed by atoms with Crippen LogP contribution in [0.25, 0.3) is 21.8 Å². The van der Waals surface area contributed by atoms with Crippen LogP contribution in [0, 0.1) is 0 Å². The smallest absolute Gasteiger partial charge is 0.0730 e. The van der Waals surface area contributed by atoms with E-state index in [0.29, 0.717) is 0 Å². The third-order valence-corrected chi connectivity index (χ3v) is 4.75. The van der Waals surface area contributed by atoms with Crippen LogP contribution in [0.5, 0.6) is 0 Å². The summed E-state index contributed by atoms with van der Waals surface area (Å²) in [4.78, 5) is 4.77. The first-order chi connectivity index (χ1) is 12.3. The minimum Gasteiger partial charge on any atom is -0.399 e. The van der Waals surface area contributed by atoms with Gasteiger partial charge < -0.3 is 11.1 Å². The van der Waals surface area contributed by atoms with Crippen molar-refractivity contribution in [2.75, 3.05) is 17.6 Å². The van der Waals surface area contributed by atoms with E-state index in [4.69, 9.17) is 10.7 Å². The van der Waals surface area contributed by atoms with Crippen molar-refractivity contribution in [1.82, 2.24) is 4.98 Å². The number of fused-ring (bicyclic) bond motifs is 2. The molecule has 0 radical (unpaired) electrons. The molecule has 3 N–H and O–H groups in total. The van der Waals surface area contributed by atoms with Crippen LogP contribution in [-0.2, 0) is 0 Å². The maximum atomic E-state index is 5.88. The van der Waals surface area contributed by atoms with E-state index in [1.165, 1.54) is 50.3 Å². The fourth-order valence-electron chi connectivity index (χ4n) is 3.26. The Balaban J connectivity index is 1.56. The minimum atomic E-state index is 0.757. The third-order valence-electron chi connectivity index (χ3n) is 4.75. The second-order valence-corrected chi connectivity index (χ2v) is 6.90. The number of hydrogen-bond acceptors (Lipinski definition) is 3. The Morgan fingerprint density at radius 2 is 1.48 bits per heavy atom. The van der Waals surface area contributed by atoms with Crippen LogP contribution in [0.3, 0.4) is 0 Å². The van der Waals surface area contributed by atoms with Gasteiger partial charge in [-0.3, -0.25) is 0 Å². The van der Waals surface area contributed by atoms with Crippen molar-refractivity contribution in [3.05, 3.63) is 42.5 Å². The zero-order chi connectivity index (χ0) is 17.5. The van der Waals surface area contributed by atoms with E-state index >= 15 is 0 Å². The van der Waals surface area contributed by atoms with E-state index in [2.05, 4.69) is 36.5 Å². The van der Waals surface area contributed by atoms with Crippen molar-refractivity contribution < 1.29 is 0 Å². The zero-order valence-corrected chi connectivity index (χ0v) is 15.2. The van der Waals surface area contributed by atoms with Crippen molar-refractivity contribution in [3.8, 4) is 0 Å². The van der Waals surface area contributed by atoms with Crippen LogP contribution in [0.15, 0.2) is 42.5 Å². The highest BCUT2D eigenvalue weighted by atomic mass is 14.9. The summed E-state index contributed by atoms with van der Waals surface area (Å²) in [6.07, 6.45) is 9.36. The van der Waals surface area contributed by atoms with Gasteiger partial charge in [-0.2, -0.15) is 0 Å². The second-order valence-electron chi connectivity index (χ2n) is 6.90.